The van der Waals surface area contributed by atoms with Crippen molar-refractivity contribution in [1.29, 1.82) is 0 Å². The quantitative estimate of drug-likeness (QED) is 0.667. The van der Waals surface area contributed by atoms with Crippen LogP contribution in [-0.4, -0.2) is 22.4 Å². The predicted octanol–water partition coefficient (Wildman–Crippen LogP) is 0.491. The van der Waals surface area contributed by atoms with Crippen LogP contribution in [0, 0.1) is 0 Å². The molecule has 1 aromatic heterocycles. The van der Waals surface area contributed by atoms with Crippen molar-refractivity contribution < 1.29 is 9.18 Å². The smallest absolute Gasteiger partial charge is 0.169 e. The summed E-state index contributed by atoms with van der Waals surface area (Å²) in [7, 11) is 0. The molecule has 0 aliphatic rings. The number of hydrogen-bond acceptors (Lipinski definition) is 2. The molecule has 0 radical (unpaired) electrons. The van der Waals surface area contributed by atoms with Gasteiger partial charge in [0.15, 0.2) is 5.78 Å². The zero-order valence-electron chi connectivity index (χ0n) is 5.30. The Morgan fingerprint density at radius 1 is 1.80 bits per heavy atom. The zero-order valence-corrected chi connectivity index (χ0v) is 5.30. The predicted molar refractivity (Wildman–Crippen MR) is 33.3 cm³/mol. The summed E-state index contributed by atoms with van der Waals surface area (Å²) in [6.07, 6.45) is 3.07. The van der Waals surface area contributed by atoms with Crippen LogP contribution in [0.3, 0.4) is 0 Å². The molecule has 0 aromatic carbocycles. The molecule has 0 unspecified atom stereocenters. The standard InChI is InChI=1S/C6H7FN2O/c7-2-6(10)1-5-3-8-4-9-5/h3-4H,1-2H2,(H,8,9). The maximum absolute atomic E-state index is 11.6. The van der Waals surface area contributed by atoms with Gasteiger partial charge in [-0.1, -0.05) is 0 Å². The largest absolute Gasteiger partial charge is 0.348 e. The SMILES string of the molecule is O=C(CF)Cc1cnc[nH]1. The van der Waals surface area contributed by atoms with Crippen LogP contribution in [0.5, 0.6) is 0 Å². The van der Waals surface area contributed by atoms with Gasteiger partial charge in [0.25, 0.3) is 0 Å². The molecule has 0 aliphatic heterocycles. The number of H-pyrrole nitrogens is 1. The van der Waals surface area contributed by atoms with Crippen molar-refractivity contribution in [2.24, 2.45) is 0 Å². The minimum absolute atomic E-state index is 0.108. The Kier molecular flexibility index (Phi) is 2.15. The van der Waals surface area contributed by atoms with E-state index < -0.39 is 12.5 Å². The molecule has 0 saturated carbocycles. The molecule has 0 amide bonds. The number of nitrogens with zero attached hydrogens (tertiary/aromatic N) is 1. The monoisotopic (exact) mass is 142 g/mol. The Balaban J connectivity index is 2.48. The molecule has 0 atom stereocenters. The molecule has 1 heterocycles. The number of aromatic amines is 1. The van der Waals surface area contributed by atoms with E-state index in [0.29, 0.717) is 5.69 Å². The molecule has 0 aliphatic carbocycles. The fourth-order valence-electron chi connectivity index (χ4n) is 0.641. The lowest BCUT2D eigenvalue weighted by Gasteiger charge is -1.89. The van der Waals surface area contributed by atoms with Crippen LogP contribution in [0.4, 0.5) is 4.39 Å². The van der Waals surface area contributed by atoms with Crippen LogP contribution in [0.1, 0.15) is 5.69 Å². The van der Waals surface area contributed by atoms with E-state index in [-0.39, 0.29) is 6.42 Å². The van der Waals surface area contributed by atoms with Crippen LogP contribution in [0.15, 0.2) is 12.5 Å². The molecule has 54 valence electrons. The first kappa shape index (κ1) is 6.92. The highest BCUT2D eigenvalue weighted by molar-refractivity contribution is 5.81. The van der Waals surface area contributed by atoms with Gasteiger partial charge in [-0.3, -0.25) is 4.79 Å². The number of carbonyl (C=O) groups excluding carboxylic acids is 1. The first-order valence-electron chi connectivity index (χ1n) is 2.88. The number of rotatable bonds is 3. The maximum Gasteiger partial charge on any atom is 0.169 e. The van der Waals surface area contributed by atoms with Gasteiger partial charge in [0.2, 0.25) is 0 Å². The Hall–Kier alpha value is -1.19. The van der Waals surface area contributed by atoms with Gasteiger partial charge in [-0.2, -0.15) is 0 Å². The first-order chi connectivity index (χ1) is 4.83. The van der Waals surface area contributed by atoms with E-state index in [1.807, 2.05) is 0 Å². The number of Topliss-reactive ketones (excluding diaryl/α,β-unsaturated/α-hetero) is 1. The second kappa shape index (κ2) is 3.10. The van der Waals surface area contributed by atoms with Gasteiger partial charge in [0, 0.05) is 11.9 Å². The number of ketones is 1. The van der Waals surface area contributed by atoms with E-state index in [1.165, 1.54) is 12.5 Å². The average Bonchev–Trinajstić information content (AvgIpc) is 2.40. The average molecular weight is 142 g/mol. The summed E-state index contributed by atoms with van der Waals surface area (Å²) >= 11 is 0. The van der Waals surface area contributed by atoms with E-state index >= 15 is 0 Å². The molecule has 1 rings (SSSR count). The molecule has 1 N–H and O–H groups in total. The third-order valence-electron chi connectivity index (χ3n) is 1.09. The second-order valence-electron chi connectivity index (χ2n) is 1.93. The fraction of sp³-hybridized carbons (Fsp3) is 0.333. The van der Waals surface area contributed by atoms with Crippen LogP contribution >= 0.6 is 0 Å². The lowest BCUT2D eigenvalue weighted by molar-refractivity contribution is -0.119. The molecular formula is C6H7FN2O. The van der Waals surface area contributed by atoms with Crippen molar-refractivity contribution in [1.82, 2.24) is 9.97 Å². The first-order valence-corrected chi connectivity index (χ1v) is 2.88. The zero-order chi connectivity index (χ0) is 7.40. The summed E-state index contributed by atoms with van der Waals surface area (Å²) in [6, 6.07) is 0. The van der Waals surface area contributed by atoms with Crippen molar-refractivity contribution in [2.45, 2.75) is 6.42 Å². The number of imidazole rings is 1. The third kappa shape index (κ3) is 1.65. The molecule has 0 saturated heterocycles. The van der Waals surface area contributed by atoms with E-state index in [4.69, 9.17) is 0 Å². The van der Waals surface area contributed by atoms with Gasteiger partial charge in [0.05, 0.1) is 12.7 Å². The molecule has 4 heteroatoms. The number of aromatic nitrogens is 2. The van der Waals surface area contributed by atoms with Gasteiger partial charge in [-0.05, 0) is 0 Å². The highest BCUT2D eigenvalue weighted by Gasteiger charge is 2.02. The molecule has 0 spiro atoms. The Morgan fingerprint density at radius 3 is 3.10 bits per heavy atom. The van der Waals surface area contributed by atoms with Gasteiger partial charge >= 0.3 is 0 Å². The van der Waals surface area contributed by atoms with Gasteiger partial charge in [-0.15, -0.1) is 0 Å². The van der Waals surface area contributed by atoms with Crippen molar-refractivity contribution in [2.75, 3.05) is 6.67 Å². The highest BCUT2D eigenvalue weighted by atomic mass is 19.1. The van der Waals surface area contributed by atoms with E-state index in [2.05, 4.69) is 9.97 Å². The van der Waals surface area contributed by atoms with Crippen LogP contribution in [0.25, 0.3) is 0 Å². The van der Waals surface area contributed by atoms with Crippen molar-refractivity contribution in [3.8, 4) is 0 Å². The van der Waals surface area contributed by atoms with Crippen LogP contribution in [-0.2, 0) is 11.2 Å². The summed E-state index contributed by atoms with van der Waals surface area (Å²) in [4.78, 5) is 16.8. The minimum Gasteiger partial charge on any atom is -0.348 e. The number of hydrogen-bond donors (Lipinski definition) is 1. The molecule has 3 nitrogen and oxygen atoms in total. The van der Waals surface area contributed by atoms with Crippen LogP contribution in [0.2, 0.25) is 0 Å². The van der Waals surface area contributed by atoms with Gasteiger partial charge in [0.1, 0.15) is 6.67 Å². The number of carbonyl (C=O) groups is 1. The maximum atomic E-state index is 11.6. The van der Waals surface area contributed by atoms with E-state index in [9.17, 15) is 9.18 Å². The summed E-state index contributed by atoms with van der Waals surface area (Å²) in [5.74, 6) is -0.427. The van der Waals surface area contributed by atoms with Crippen molar-refractivity contribution in [3.05, 3.63) is 18.2 Å². The number of alkyl halides is 1. The van der Waals surface area contributed by atoms with E-state index in [1.54, 1.807) is 0 Å². The van der Waals surface area contributed by atoms with Gasteiger partial charge < -0.3 is 4.98 Å². The molecule has 10 heavy (non-hydrogen) atoms. The van der Waals surface area contributed by atoms with Crippen molar-refractivity contribution in [3.63, 3.8) is 0 Å². The summed E-state index contributed by atoms with van der Waals surface area (Å²) in [6.45, 7) is -0.904. The van der Waals surface area contributed by atoms with Gasteiger partial charge in [-0.25, -0.2) is 9.37 Å². The Labute approximate surface area is 57.3 Å². The number of nitrogens with one attached hydrogen (secondary N) is 1. The molecule has 0 fully saturated rings. The fourth-order valence-corrected chi connectivity index (χ4v) is 0.641. The second-order valence-corrected chi connectivity index (χ2v) is 1.93. The normalized spacial score (nSPS) is 9.70. The lowest BCUT2D eigenvalue weighted by atomic mass is 10.2. The van der Waals surface area contributed by atoms with Crippen molar-refractivity contribution >= 4 is 5.78 Å². The highest BCUT2D eigenvalue weighted by Crippen LogP contribution is 1.93. The Morgan fingerprint density at radius 2 is 2.60 bits per heavy atom. The minimum atomic E-state index is -0.904. The molecule has 0 bridgehead atoms. The van der Waals surface area contributed by atoms with E-state index in [0.717, 1.165) is 0 Å². The third-order valence-corrected chi connectivity index (χ3v) is 1.09. The molecular weight excluding hydrogens is 135 g/mol. The summed E-state index contributed by atoms with van der Waals surface area (Å²) < 4.78 is 11.6. The topological polar surface area (TPSA) is 45.8 Å². The molecule has 1 aromatic rings. The summed E-state index contributed by atoms with van der Waals surface area (Å²) in [5, 5.41) is 0. The van der Waals surface area contributed by atoms with Crippen LogP contribution < -0.4 is 0 Å². The Bertz CT molecular complexity index is 208. The lowest BCUT2D eigenvalue weighted by Crippen LogP contribution is -2.04. The summed E-state index contributed by atoms with van der Waals surface area (Å²) in [5.41, 5.74) is 0.655. The number of halogens is 1.